The Bertz CT molecular complexity index is 838. The van der Waals surface area contributed by atoms with Crippen LogP contribution in [0.15, 0.2) is 42.9 Å². The third kappa shape index (κ3) is 3.23. The topological polar surface area (TPSA) is 59.3 Å². The van der Waals surface area contributed by atoms with Gasteiger partial charge in [0, 0.05) is 17.3 Å². The summed E-state index contributed by atoms with van der Waals surface area (Å²) in [6.07, 6.45) is 6.45. The number of fused-ring (bicyclic) bond motifs is 1. The van der Waals surface area contributed by atoms with Crippen molar-refractivity contribution in [1.82, 2.24) is 14.4 Å². The van der Waals surface area contributed by atoms with Gasteiger partial charge in [0.25, 0.3) is 5.91 Å². The Morgan fingerprint density at radius 2 is 2.13 bits per heavy atom. The molecule has 5 nitrogen and oxygen atoms in total. The molecule has 0 bridgehead atoms. The fourth-order valence-electron chi connectivity index (χ4n) is 2.56. The first-order valence-electron chi connectivity index (χ1n) is 7.88. The lowest BCUT2D eigenvalue weighted by Gasteiger charge is -2.11. The summed E-state index contributed by atoms with van der Waals surface area (Å²) in [4.78, 5) is 21.3. The molecule has 2 aromatic heterocycles. The van der Waals surface area contributed by atoms with Crippen LogP contribution in [-0.4, -0.2) is 20.3 Å². The molecule has 118 valence electrons. The molecule has 0 unspecified atom stereocenters. The van der Waals surface area contributed by atoms with Gasteiger partial charge < -0.3 is 5.32 Å². The van der Waals surface area contributed by atoms with E-state index in [-0.39, 0.29) is 5.91 Å². The smallest absolute Gasteiger partial charge is 0.257 e. The van der Waals surface area contributed by atoms with Crippen LogP contribution in [0.5, 0.6) is 0 Å². The molecule has 1 aromatic carbocycles. The maximum Gasteiger partial charge on any atom is 0.257 e. The molecule has 2 heterocycles. The van der Waals surface area contributed by atoms with E-state index in [1.807, 2.05) is 37.3 Å². The first-order chi connectivity index (χ1) is 11.2. The summed E-state index contributed by atoms with van der Waals surface area (Å²) in [5, 5.41) is 2.99. The van der Waals surface area contributed by atoms with E-state index in [0.717, 1.165) is 36.2 Å². The minimum atomic E-state index is -0.120. The molecule has 0 saturated heterocycles. The Hall–Kier alpha value is -2.69. The van der Waals surface area contributed by atoms with Gasteiger partial charge in [-0.25, -0.2) is 9.97 Å². The lowest BCUT2D eigenvalue weighted by Crippen LogP contribution is -2.16. The number of carbonyl (C=O) groups is 1. The van der Waals surface area contributed by atoms with Crippen LogP contribution in [0.2, 0.25) is 0 Å². The first kappa shape index (κ1) is 15.2. The van der Waals surface area contributed by atoms with Crippen LogP contribution in [-0.2, 0) is 6.42 Å². The molecule has 0 aliphatic rings. The lowest BCUT2D eigenvalue weighted by molar-refractivity contribution is 0.102. The number of unbranched alkanes of at least 4 members (excludes halogenated alkanes) is 1. The maximum absolute atomic E-state index is 12.6. The van der Waals surface area contributed by atoms with Gasteiger partial charge in [0.15, 0.2) is 5.65 Å². The van der Waals surface area contributed by atoms with E-state index in [1.54, 1.807) is 16.9 Å². The molecule has 1 amide bonds. The van der Waals surface area contributed by atoms with E-state index in [1.165, 1.54) is 0 Å². The monoisotopic (exact) mass is 308 g/mol. The van der Waals surface area contributed by atoms with Crippen molar-refractivity contribution in [2.75, 3.05) is 5.32 Å². The quantitative estimate of drug-likeness (QED) is 0.783. The van der Waals surface area contributed by atoms with Crippen molar-refractivity contribution in [3.63, 3.8) is 0 Å². The molecule has 0 atom stereocenters. The van der Waals surface area contributed by atoms with Crippen LogP contribution in [0.1, 0.15) is 41.4 Å². The van der Waals surface area contributed by atoms with Crippen LogP contribution in [0, 0.1) is 6.92 Å². The predicted octanol–water partition coefficient (Wildman–Crippen LogP) is 3.63. The second-order valence-electron chi connectivity index (χ2n) is 5.63. The van der Waals surface area contributed by atoms with Crippen LogP contribution in [0.25, 0.3) is 5.65 Å². The molecule has 0 radical (unpaired) electrons. The molecule has 3 rings (SSSR count). The van der Waals surface area contributed by atoms with Gasteiger partial charge in [-0.3, -0.25) is 9.20 Å². The molecule has 0 saturated carbocycles. The Kier molecular flexibility index (Phi) is 4.37. The van der Waals surface area contributed by atoms with Crippen LogP contribution in [0.3, 0.4) is 0 Å². The van der Waals surface area contributed by atoms with Crippen molar-refractivity contribution in [3.8, 4) is 0 Å². The Labute approximate surface area is 135 Å². The van der Waals surface area contributed by atoms with Gasteiger partial charge in [0.05, 0.1) is 6.20 Å². The number of nitrogens with one attached hydrogen (secondary N) is 1. The highest BCUT2D eigenvalue weighted by Gasteiger charge is 2.12. The maximum atomic E-state index is 12.6. The normalized spacial score (nSPS) is 10.9. The highest BCUT2D eigenvalue weighted by atomic mass is 16.1. The Morgan fingerprint density at radius 1 is 1.30 bits per heavy atom. The summed E-state index contributed by atoms with van der Waals surface area (Å²) in [7, 11) is 0. The van der Waals surface area contributed by atoms with Crippen LogP contribution in [0.4, 0.5) is 5.82 Å². The number of imidazole rings is 1. The minimum Gasteiger partial charge on any atom is -0.308 e. The Morgan fingerprint density at radius 3 is 2.91 bits per heavy atom. The minimum absolute atomic E-state index is 0.120. The molecular weight excluding hydrogens is 288 g/mol. The lowest BCUT2D eigenvalue weighted by atomic mass is 10.1. The van der Waals surface area contributed by atoms with E-state index in [0.29, 0.717) is 11.4 Å². The van der Waals surface area contributed by atoms with Gasteiger partial charge >= 0.3 is 0 Å². The van der Waals surface area contributed by atoms with Crippen molar-refractivity contribution in [3.05, 3.63) is 59.7 Å². The zero-order chi connectivity index (χ0) is 16.2. The molecule has 0 aliphatic carbocycles. The summed E-state index contributed by atoms with van der Waals surface area (Å²) in [5.74, 6) is 0.581. The highest BCUT2D eigenvalue weighted by Crippen LogP contribution is 2.17. The molecule has 3 aromatic rings. The SMILES string of the molecule is CCCCc1cc(NC(=O)c2ccccc2C)n2cncc2n1. The fraction of sp³-hybridized carbons (Fsp3) is 0.278. The van der Waals surface area contributed by atoms with E-state index in [9.17, 15) is 4.79 Å². The Balaban J connectivity index is 1.93. The van der Waals surface area contributed by atoms with Gasteiger partial charge in [0.1, 0.15) is 12.1 Å². The van der Waals surface area contributed by atoms with E-state index < -0.39 is 0 Å². The molecule has 5 heteroatoms. The highest BCUT2D eigenvalue weighted by molar-refractivity contribution is 6.04. The molecule has 1 N–H and O–H groups in total. The fourth-order valence-corrected chi connectivity index (χ4v) is 2.56. The number of amides is 1. The number of aromatic nitrogens is 3. The first-order valence-corrected chi connectivity index (χ1v) is 7.88. The predicted molar refractivity (Wildman–Crippen MR) is 90.7 cm³/mol. The number of aryl methyl sites for hydroxylation is 2. The van der Waals surface area contributed by atoms with Crippen LogP contribution < -0.4 is 5.32 Å². The molecule has 0 fully saturated rings. The average molecular weight is 308 g/mol. The van der Waals surface area contributed by atoms with E-state index in [2.05, 4.69) is 22.2 Å². The number of rotatable bonds is 5. The summed E-state index contributed by atoms with van der Waals surface area (Å²) in [6.45, 7) is 4.08. The van der Waals surface area contributed by atoms with Crippen molar-refractivity contribution >= 4 is 17.4 Å². The summed E-state index contributed by atoms with van der Waals surface area (Å²) in [5.41, 5.74) is 3.35. The molecule has 0 spiro atoms. The van der Waals surface area contributed by atoms with Gasteiger partial charge in [0.2, 0.25) is 0 Å². The molecule has 0 aliphatic heterocycles. The number of hydrogen-bond acceptors (Lipinski definition) is 3. The average Bonchev–Trinajstić information content (AvgIpc) is 3.02. The number of hydrogen-bond donors (Lipinski definition) is 1. The third-order valence-corrected chi connectivity index (χ3v) is 3.86. The summed E-state index contributed by atoms with van der Waals surface area (Å²) in [6, 6.07) is 9.49. The van der Waals surface area contributed by atoms with Crippen molar-refractivity contribution < 1.29 is 4.79 Å². The second-order valence-corrected chi connectivity index (χ2v) is 5.63. The van der Waals surface area contributed by atoms with E-state index >= 15 is 0 Å². The van der Waals surface area contributed by atoms with Gasteiger partial charge in [-0.1, -0.05) is 31.5 Å². The zero-order valence-corrected chi connectivity index (χ0v) is 13.4. The number of nitrogens with zero attached hydrogens (tertiary/aromatic N) is 3. The van der Waals surface area contributed by atoms with E-state index in [4.69, 9.17) is 0 Å². The number of anilines is 1. The zero-order valence-electron chi connectivity index (χ0n) is 13.4. The third-order valence-electron chi connectivity index (χ3n) is 3.86. The van der Waals surface area contributed by atoms with Crippen LogP contribution >= 0.6 is 0 Å². The standard InChI is InChI=1S/C18H20N4O/c1-3-4-8-14-10-16(22-12-19-11-17(22)20-14)21-18(23)15-9-6-5-7-13(15)2/h5-7,9-12H,3-4,8H2,1-2H3,(H,21,23). The van der Waals surface area contributed by atoms with Gasteiger partial charge in [-0.05, 0) is 31.4 Å². The number of benzene rings is 1. The van der Waals surface area contributed by atoms with Gasteiger partial charge in [-0.15, -0.1) is 0 Å². The van der Waals surface area contributed by atoms with Crippen molar-refractivity contribution in [2.24, 2.45) is 0 Å². The number of carbonyl (C=O) groups excluding carboxylic acids is 1. The summed E-state index contributed by atoms with van der Waals surface area (Å²) >= 11 is 0. The van der Waals surface area contributed by atoms with Crippen molar-refractivity contribution in [2.45, 2.75) is 33.1 Å². The van der Waals surface area contributed by atoms with Crippen molar-refractivity contribution in [1.29, 1.82) is 0 Å². The molecule has 23 heavy (non-hydrogen) atoms. The second kappa shape index (κ2) is 6.60. The summed E-state index contributed by atoms with van der Waals surface area (Å²) < 4.78 is 1.80. The largest absolute Gasteiger partial charge is 0.308 e. The molecular formula is C18H20N4O. The van der Waals surface area contributed by atoms with Gasteiger partial charge in [-0.2, -0.15) is 0 Å².